The summed E-state index contributed by atoms with van der Waals surface area (Å²) in [5.41, 5.74) is -0.973. The number of sulfonamides is 1. The fourth-order valence-corrected chi connectivity index (χ4v) is 3.08. The lowest BCUT2D eigenvalue weighted by Gasteiger charge is -2.14. The normalized spacial score (nSPS) is 12.5. The molecule has 27 heavy (non-hydrogen) atoms. The Bertz CT molecular complexity index is 941. The van der Waals surface area contributed by atoms with Gasteiger partial charge in [-0.25, -0.2) is 8.42 Å². The van der Waals surface area contributed by atoms with Crippen molar-refractivity contribution in [3.05, 3.63) is 54.1 Å². The summed E-state index contributed by atoms with van der Waals surface area (Å²) in [6, 6.07) is 8.73. The number of anilines is 2. The topological polar surface area (TPSA) is 75.3 Å². The maximum absolute atomic E-state index is 12.7. The second-order valence-corrected chi connectivity index (χ2v) is 8.94. The van der Waals surface area contributed by atoms with Crippen molar-refractivity contribution in [1.82, 2.24) is 0 Å². The highest BCUT2D eigenvalue weighted by Gasteiger charge is 2.31. The van der Waals surface area contributed by atoms with Gasteiger partial charge in [-0.3, -0.25) is 9.52 Å². The number of halogens is 5. The molecular formula is C16H13Cl2F3N2O3S. The van der Waals surface area contributed by atoms with Crippen molar-refractivity contribution in [2.75, 3.05) is 10.0 Å². The van der Waals surface area contributed by atoms with Crippen LogP contribution in [0.25, 0.3) is 0 Å². The Hall–Kier alpha value is -1.97. The summed E-state index contributed by atoms with van der Waals surface area (Å²) in [6.45, 7) is 1.27. The van der Waals surface area contributed by atoms with Crippen LogP contribution in [0.15, 0.2) is 53.4 Å². The molecule has 0 saturated heterocycles. The third-order valence-corrected chi connectivity index (χ3v) is 5.00. The van der Waals surface area contributed by atoms with Gasteiger partial charge in [-0.05, 0) is 49.4 Å². The van der Waals surface area contributed by atoms with Crippen LogP contribution in [0.2, 0.25) is 0 Å². The van der Waals surface area contributed by atoms with Crippen molar-refractivity contribution in [2.45, 2.75) is 22.3 Å². The Morgan fingerprint density at radius 1 is 1.00 bits per heavy atom. The SMILES string of the molecule is CC(Cl)(Cl)C(=O)Nc1ccc(S(=O)(=O)Nc2cccc(C(F)(F)F)c2)cc1. The fourth-order valence-electron chi connectivity index (χ4n) is 1.93. The Balaban J connectivity index is 2.19. The van der Waals surface area contributed by atoms with E-state index in [1.807, 2.05) is 0 Å². The monoisotopic (exact) mass is 440 g/mol. The van der Waals surface area contributed by atoms with Gasteiger partial charge < -0.3 is 5.32 Å². The first-order chi connectivity index (χ1) is 12.3. The van der Waals surface area contributed by atoms with Gasteiger partial charge in [0.1, 0.15) is 0 Å². The summed E-state index contributed by atoms with van der Waals surface area (Å²) in [6.07, 6.45) is -4.60. The lowest BCUT2D eigenvalue weighted by molar-refractivity contribution is -0.137. The second kappa shape index (κ2) is 7.57. The molecule has 0 heterocycles. The minimum atomic E-state index is -4.60. The van der Waals surface area contributed by atoms with Crippen molar-refractivity contribution in [3.8, 4) is 0 Å². The maximum atomic E-state index is 12.7. The molecule has 0 bridgehead atoms. The molecule has 2 aromatic carbocycles. The number of amides is 1. The van der Waals surface area contributed by atoms with Gasteiger partial charge in [-0.2, -0.15) is 13.2 Å². The molecule has 0 aliphatic heterocycles. The summed E-state index contributed by atoms with van der Waals surface area (Å²) < 4.78 is 63.2. The number of rotatable bonds is 5. The molecule has 0 spiro atoms. The molecule has 1 amide bonds. The average Bonchev–Trinajstić information content (AvgIpc) is 2.53. The average molecular weight is 441 g/mol. The predicted molar refractivity (Wildman–Crippen MR) is 97.4 cm³/mol. The van der Waals surface area contributed by atoms with E-state index in [4.69, 9.17) is 23.2 Å². The Morgan fingerprint density at radius 2 is 1.59 bits per heavy atom. The Morgan fingerprint density at radius 3 is 2.11 bits per heavy atom. The minimum Gasteiger partial charge on any atom is -0.323 e. The highest BCUT2D eigenvalue weighted by molar-refractivity contribution is 7.92. The molecule has 2 N–H and O–H groups in total. The number of carbonyl (C=O) groups excluding carboxylic acids is 1. The van der Waals surface area contributed by atoms with Crippen molar-refractivity contribution >= 4 is 50.5 Å². The van der Waals surface area contributed by atoms with E-state index in [-0.39, 0.29) is 16.3 Å². The zero-order chi connectivity index (χ0) is 20.5. The molecule has 11 heteroatoms. The van der Waals surface area contributed by atoms with Gasteiger partial charge in [-0.1, -0.05) is 29.3 Å². The molecule has 0 aliphatic rings. The van der Waals surface area contributed by atoms with Gasteiger partial charge in [0.25, 0.3) is 15.9 Å². The van der Waals surface area contributed by atoms with Gasteiger partial charge in [-0.15, -0.1) is 0 Å². The van der Waals surface area contributed by atoms with E-state index in [0.717, 1.165) is 12.1 Å². The fraction of sp³-hybridized carbons (Fsp3) is 0.188. The highest BCUT2D eigenvalue weighted by Crippen LogP contribution is 2.31. The maximum Gasteiger partial charge on any atom is 0.416 e. The standard InChI is InChI=1S/C16H13Cl2F3N2O3S/c1-15(17,18)14(24)22-11-5-7-13(8-6-11)27(25,26)23-12-4-2-3-10(9-12)16(19,20)21/h2-9,23H,1H3,(H,22,24). The first kappa shape index (κ1) is 21.3. The smallest absolute Gasteiger partial charge is 0.323 e. The Kier molecular flexibility index (Phi) is 5.98. The number of carbonyl (C=O) groups is 1. The number of nitrogens with one attached hydrogen (secondary N) is 2. The lowest BCUT2D eigenvalue weighted by atomic mass is 10.2. The molecular weight excluding hydrogens is 428 g/mol. The summed E-state index contributed by atoms with van der Waals surface area (Å²) in [7, 11) is -4.13. The molecule has 146 valence electrons. The molecule has 5 nitrogen and oxygen atoms in total. The van der Waals surface area contributed by atoms with Crippen LogP contribution in [-0.4, -0.2) is 18.7 Å². The lowest BCUT2D eigenvalue weighted by Crippen LogP contribution is -2.29. The highest BCUT2D eigenvalue weighted by atomic mass is 35.5. The van der Waals surface area contributed by atoms with Crippen molar-refractivity contribution in [1.29, 1.82) is 0 Å². The van der Waals surface area contributed by atoms with Crippen LogP contribution < -0.4 is 10.0 Å². The van der Waals surface area contributed by atoms with E-state index in [1.165, 1.54) is 37.3 Å². The zero-order valence-electron chi connectivity index (χ0n) is 13.6. The summed E-state index contributed by atoms with van der Waals surface area (Å²) in [5, 5.41) is 2.39. The van der Waals surface area contributed by atoms with Gasteiger partial charge in [0.2, 0.25) is 0 Å². The van der Waals surface area contributed by atoms with Gasteiger partial charge in [0.15, 0.2) is 4.33 Å². The molecule has 2 aromatic rings. The van der Waals surface area contributed by atoms with E-state index in [2.05, 4.69) is 10.0 Å². The van der Waals surface area contributed by atoms with Crippen LogP contribution in [0, 0.1) is 0 Å². The number of hydrogen-bond acceptors (Lipinski definition) is 3. The largest absolute Gasteiger partial charge is 0.416 e. The molecule has 0 atom stereocenters. The van der Waals surface area contributed by atoms with Crippen LogP contribution in [0.5, 0.6) is 0 Å². The van der Waals surface area contributed by atoms with E-state index in [9.17, 15) is 26.4 Å². The van der Waals surface area contributed by atoms with E-state index < -0.39 is 32.0 Å². The molecule has 0 aliphatic carbocycles. The number of alkyl halides is 5. The first-order valence-corrected chi connectivity index (χ1v) is 9.52. The van der Waals surface area contributed by atoms with Crippen LogP contribution in [0.1, 0.15) is 12.5 Å². The third kappa shape index (κ3) is 5.75. The second-order valence-electron chi connectivity index (χ2n) is 5.55. The molecule has 0 unspecified atom stereocenters. The third-order valence-electron chi connectivity index (χ3n) is 3.26. The molecule has 2 rings (SSSR count). The summed E-state index contributed by atoms with van der Waals surface area (Å²) in [4.78, 5) is 11.5. The number of hydrogen-bond donors (Lipinski definition) is 2. The van der Waals surface area contributed by atoms with E-state index in [1.54, 1.807) is 0 Å². The summed E-state index contributed by atoms with van der Waals surface area (Å²) >= 11 is 11.3. The van der Waals surface area contributed by atoms with Crippen molar-refractivity contribution < 1.29 is 26.4 Å². The van der Waals surface area contributed by atoms with Gasteiger partial charge in [0.05, 0.1) is 10.5 Å². The molecule has 0 radical (unpaired) electrons. The minimum absolute atomic E-state index is 0.211. The van der Waals surface area contributed by atoms with Gasteiger partial charge >= 0.3 is 6.18 Å². The van der Waals surface area contributed by atoms with Crippen LogP contribution in [0.3, 0.4) is 0 Å². The van der Waals surface area contributed by atoms with Crippen molar-refractivity contribution in [2.24, 2.45) is 0 Å². The van der Waals surface area contributed by atoms with Crippen molar-refractivity contribution in [3.63, 3.8) is 0 Å². The van der Waals surface area contributed by atoms with E-state index >= 15 is 0 Å². The summed E-state index contributed by atoms with van der Waals surface area (Å²) in [5.74, 6) is -0.705. The Labute approximate surface area is 163 Å². The first-order valence-electron chi connectivity index (χ1n) is 7.28. The predicted octanol–water partition coefficient (Wildman–Crippen LogP) is 4.64. The van der Waals surface area contributed by atoms with Gasteiger partial charge in [0, 0.05) is 11.4 Å². The van der Waals surface area contributed by atoms with Crippen LogP contribution in [-0.2, 0) is 21.0 Å². The molecule has 0 fully saturated rings. The van der Waals surface area contributed by atoms with Crippen LogP contribution >= 0.6 is 23.2 Å². The quantitative estimate of drug-likeness (QED) is 0.664. The van der Waals surface area contributed by atoms with E-state index in [0.29, 0.717) is 6.07 Å². The zero-order valence-corrected chi connectivity index (χ0v) is 16.0. The molecule has 0 saturated carbocycles. The number of benzene rings is 2. The van der Waals surface area contributed by atoms with Crippen LogP contribution in [0.4, 0.5) is 24.5 Å². The molecule has 0 aromatic heterocycles.